The van der Waals surface area contributed by atoms with Crippen molar-refractivity contribution in [2.45, 2.75) is 19.0 Å². The molecule has 0 aliphatic heterocycles. The van der Waals surface area contributed by atoms with E-state index in [1.807, 2.05) is 0 Å². The number of carbonyl (C=O) groups is 3. The molecule has 3 aromatic rings. The number of Topliss-reactive ketones (excluding diaryl/α,β-unsaturated/α-hetero) is 1. The number of benzene rings is 2. The van der Waals surface area contributed by atoms with Crippen LogP contribution in [0.25, 0.3) is 11.3 Å². The first-order valence-corrected chi connectivity index (χ1v) is 9.01. The molecule has 1 aromatic heterocycles. The zero-order valence-corrected chi connectivity index (χ0v) is 15.8. The van der Waals surface area contributed by atoms with Gasteiger partial charge >= 0.3 is 12.5 Å². The minimum Gasteiger partial charge on any atom is -0.475 e. The highest BCUT2D eigenvalue weighted by Gasteiger charge is 2.29. The van der Waals surface area contributed by atoms with Gasteiger partial charge in [-0.2, -0.15) is 13.9 Å². The first kappa shape index (κ1) is 21.8. The van der Waals surface area contributed by atoms with E-state index in [4.69, 9.17) is 5.11 Å². The van der Waals surface area contributed by atoms with Crippen LogP contribution in [0.3, 0.4) is 0 Å². The number of rotatable bonds is 8. The largest absolute Gasteiger partial charge is 0.475 e. The third kappa shape index (κ3) is 5.16. The number of carboxylic acids is 1. The summed E-state index contributed by atoms with van der Waals surface area (Å²) in [6.45, 7) is -3.01. The minimum absolute atomic E-state index is 0.0540. The Morgan fingerprint density at radius 3 is 2.26 bits per heavy atom. The fourth-order valence-corrected chi connectivity index (χ4v) is 2.92. The summed E-state index contributed by atoms with van der Waals surface area (Å²) >= 11 is 0. The maximum absolute atomic E-state index is 13.2. The lowest BCUT2D eigenvalue weighted by Crippen LogP contribution is -2.45. The van der Waals surface area contributed by atoms with Gasteiger partial charge in [-0.3, -0.25) is 9.59 Å². The molecule has 3 rings (SSSR count). The highest BCUT2D eigenvalue weighted by atomic mass is 19.3. The second-order valence-corrected chi connectivity index (χ2v) is 6.54. The SMILES string of the molecule is O=C(O)C(=O)C(Cc1ccc(F)cc1)NC(=O)c1cn(C(F)F)nc1-c1ccccc1. The van der Waals surface area contributed by atoms with Crippen LogP contribution in [-0.2, 0) is 16.0 Å². The summed E-state index contributed by atoms with van der Waals surface area (Å²) in [6, 6.07) is 11.5. The molecule has 10 heteroatoms. The summed E-state index contributed by atoms with van der Waals surface area (Å²) in [5.74, 6) is -4.56. The standard InChI is InChI=1S/C21H16F3N3O4/c22-14-8-6-12(7-9-14)10-16(18(28)20(30)31)25-19(29)15-11-27(21(23)24)26-17(15)13-4-2-1-3-5-13/h1-9,11,16,21H,10H2,(H,25,29)(H,30,31). The predicted molar refractivity (Wildman–Crippen MR) is 103 cm³/mol. The first-order chi connectivity index (χ1) is 14.8. The van der Waals surface area contributed by atoms with Crippen LogP contribution in [0.1, 0.15) is 22.5 Å². The number of ketones is 1. The van der Waals surface area contributed by atoms with Gasteiger partial charge in [-0.15, -0.1) is 0 Å². The molecule has 0 aliphatic carbocycles. The summed E-state index contributed by atoms with van der Waals surface area (Å²) in [5.41, 5.74) is 0.468. The third-order valence-corrected chi connectivity index (χ3v) is 4.41. The van der Waals surface area contributed by atoms with Crippen LogP contribution < -0.4 is 5.32 Å². The number of carboxylic acid groups (broad SMARTS) is 1. The van der Waals surface area contributed by atoms with Crippen molar-refractivity contribution in [1.82, 2.24) is 15.1 Å². The Balaban J connectivity index is 1.93. The van der Waals surface area contributed by atoms with Gasteiger partial charge in [-0.05, 0) is 17.7 Å². The van der Waals surface area contributed by atoms with Crippen LogP contribution in [0.4, 0.5) is 13.2 Å². The highest BCUT2D eigenvalue weighted by molar-refractivity contribution is 6.35. The number of hydrogen-bond acceptors (Lipinski definition) is 4. The molecule has 0 fully saturated rings. The number of nitrogens with one attached hydrogen (secondary N) is 1. The average molecular weight is 431 g/mol. The lowest BCUT2D eigenvalue weighted by molar-refractivity contribution is -0.149. The molecule has 0 bridgehead atoms. The molecule has 7 nitrogen and oxygen atoms in total. The number of hydrogen-bond donors (Lipinski definition) is 2. The zero-order valence-electron chi connectivity index (χ0n) is 15.8. The molecular weight excluding hydrogens is 415 g/mol. The third-order valence-electron chi connectivity index (χ3n) is 4.41. The molecule has 1 heterocycles. The number of halogens is 3. The number of aliphatic carboxylic acids is 1. The number of carbonyl (C=O) groups excluding carboxylic acids is 2. The number of aromatic nitrogens is 2. The second-order valence-electron chi connectivity index (χ2n) is 6.54. The van der Waals surface area contributed by atoms with E-state index in [1.54, 1.807) is 30.3 Å². The van der Waals surface area contributed by atoms with Crippen LogP contribution in [-0.4, -0.2) is 38.6 Å². The molecule has 1 unspecified atom stereocenters. The van der Waals surface area contributed by atoms with Crippen molar-refractivity contribution in [1.29, 1.82) is 0 Å². The molecule has 0 saturated heterocycles. The number of amides is 1. The van der Waals surface area contributed by atoms with Gasteiger partial charge in [0.1, 0.15) is 17.6 Å². The number of nitrogens with zero attached hydrogens (tertiary/aromatic N) is 2. The molecule has 1 amide bonds. The average Bonchev–Trinajstić information content (AvgIpc) is 3.21. The van der Waals surface area contributed by atoms with Crippen LogP contribution >= 0.6 is 0 Å². The van der Waals surface area contributed by atoms with E-state index in [0.717, 1.165) is 18.3 Å². The minimum atomic E-state index is -3.01. The molecule has 2 N–H and O–H groups in total. The Kier molecular flexibility index (Phi) is 6.49. The van der Waals surface area contributed by atoms with E-state index in [9.17, 15) is 27.6 Å². The lowest BCUT2D eigenvalue weighted by Gasteiger charge is -2.16. The topological polar surface area (TPSA) is 101 Å². The predicted octanol–water partition coefficient (Wildman–Crippen LogP) is 3.08. The van der Waals surface area contributed by atoms with Gasteiger partial charge in [-0.25, -0.2) is 13.9 Å². The van der Waals surface area contributed by atoms with Gasteiger partial charge in [0.2, 0.25) is 0 Å². The summed E-state index contributed by atoms with van der Waals surface area (Å²) in [4.78, 5) is 36.2. The molecule has 1 atom stereocenters. The molecule has 0 aliphatic rings. The first-order valence-electron chi connectivity index (χ1n) is 9.01. The van der Waals surface area contributed by atoms with Crippen molar-refractivity contribution < 1.29 is 32.7 Å². The molecule has 160 valence electrons. The van der Waals surface area contributed by atoms with Crippen molar-refractivity contribution in [2.75, 3.05) is 0 Å². The van der Waals surface area contributed by atoms with Gasteiger partial charge in [0.15, 0.2) is 0 Å². The monoisotopic (exact) mass is 431 g/mol. The second kappa shape index (κ2) is 9.24. The van der Waals surface area contributed by atoms with E-state index >= 15 is 0 Å². The van der Waals surface area contributed by atoms with Crippen molar-refractivity contribution in [3.05, 3.63) is 77.7 Å². The van der Waals surface area contributed by atoms with E-state index in [0.29, 0.717) is 15.8 Å². The van der Waals surface area contributed by atoms with Crippen LogP contribution in [0.15, 0.2) is 60.8 Å². The van der Waals surface area contributed by atoms with Gasteiger partial charge in [0.25, 0.3) is 11.7 Å². The Labute approximate surface area is 174 Å². The molecule has 31 heavy (non-hydrogen) atoms. The van der Waals surface area contributed by atoms with E-state index in [2.05, 4.69) is 10.4 Å². The van der Waals surface area contributed by atoms with Crippen LogP contribution in [0.5, 0.6) is 0 Å². The fraction of sp³-hybridized carbons (Fsp3) is 0.143. The molecule has 0 spiro atoms. The van der Waals surface area contributed by atoms with Gasteiger partial charge in [0.05, 0.1) is 5.56 Å². The Morgan fingerprint density at radius 2 is 1.68 bits per heavy atom. The summed E-state index contributed by atoms with van der Waals surface area (Å²) in [6.07, 6.45) is 0.587. The normalized spacial score (nSPS) is 11.9. The van der Waals surface area contributed by atoms with Crippen LogP contribution in [0.2, 0.25) is 0 Å². The Hall–Kier alpha value is -3.95. The van der Waals surface area contributed by atoms with Gasteiger partial charge < -0.3 is 10.4 Å². The number of alkyl halides is 2. The highest BCUT2D eigenvalue weighted by Crippen LogP contribution is 2.24. The zero-order chi connectivity index (χ0) is 22.5. The van der Waals surface area contributed by atoms with Crippen molar-refractivity contribution >= 4 is 17.7 Å². The Bertz CT molecular complexity index is 1100. The maximum atomic E-state index is 13.2. The molecule has 0 saturated carbocycles. The fourth-order valence-electron chi connectivity index (χ4n) is 2.92. The molecule has 2 aromatic carbocycles. The summed E-state index contributed by atoms with van der Waals surface area (Å²) in [7, 11) is 0. The summed E-state index contributed by atoms with van der Waals surface area (Å²) in [5, 5.41) is 15.1. The van der Waals surface area contributed by atoms with Crippen molar-refractivity contribution in [2.24, 2.45) is 0 Å². The van der Waals surface area contributed by atoms with E-state index < -0.39 is 36.1 Å². The molecule has 0 radical (unpaired) electrons. The van der Waals surface area contributed by atoms with Crippen LogP contribution in [0, 0.1) is 5.82 Å². The van der Waals surface area contributed by atoms with Crippen molar-refractivity contribution in [3.8, 4) is 11.3 Å². The van der Waals surface area contributed by atoms with Gasteiger partial charge in [0, 0.05) is 18.2 Å². The molecular formula is C21H16F3N3O4. The Morgan fingerprint density at radius 1 is 1.03 bits per heavy atom. The quantitative estimate of drug-likeness (QED) is 0.534. The van der Waals surface area contributed by atoms with E-state index in [1.165, 1.54) is 12.1 Å². The summed E-state index contributed by atoms with van der Waals surface area (Å²) < 4.78 is 39.7. The van der Waals surface area contributed by atoms with Crippen molar-refractivity contribution in [3.63, 3.8) is 0 Å². The lowest BCUT2D eigenvalue weighted by atomic mass is 10.0. The van der Waals surface area contributed by atoms with E-state index in [-0.39, 0.29) is 17.7 Å². The maximum Gasteiger partial charge on any atom is 0.374 e. The smallest absolute Gasteiger partial charge is 0.374 e. The van der Waals surface area contributed by atoms with Gasteiger partial charge in [-0.1, -0.05) is 42.5 Å².